The number of aliphatic carboxylic acids is 1. The molecule has 0 spiro atoms. The Morgan fingerprint density at radius 1 is 1.13 bits per heavy atom. The Labute approximate surface area is 204 Å². The van der Waals surface area contributed by atoms with E-state index in [1.165, 1.54) is 12.1 Å². The number of aliphatic hydroxyl groups is 2. The zero-order chi connectivity index (χ0) is 21.8. The van der Waals surface area contributed by atoms with E-state index in [2.05, 4.69) is 18.4 Å². The van der Waals surface area contributed by atoms with Gasteiger partial charge in [-0.15, -0.1) is 0 Å². The summed E-state index contributed by atoms with van der Waals surface area (Å²) < 4.78 is 15.6. The smallest absolute Gasteiger partial charge is 1.00 e. The number of halogens is 1. The third-order valence-electron chi connectivity index (χ3n) is 5.00. The minimum absolute atomic E-state index is 0. The Bertz CT molecular complexity index is 1070. The summed E-state index contributed by atoms with van der Waals surface area (Å²) in [5.74, 6) is -1.43. The van der Waals surface area contributed by atoms with Crippen molar-refractivity contribution in [1.82, 2.24) is 4.57 Å². The SMILES string of the molecule is CC(C)n1c(/C=C/[C@@H](O)C[C@@H](O)CC(=O)O)c(-c2ccc(F)cc2)c2ccccc21.[H-].[Na+]. The molecular weight excluding hydrogens is 408 g/mol. The van der Waals surface area contributed by atoms with E-state index in [9.17, 15) is 19.4 Å². The normalized spacial score (nSPS) is 13.5. The van der Waals surface area contributed by atoms with Gasteiger partial charge in [-0.3, -0.25) is 4.79 Å². The second-order valence-electron chi connectivity index (χ2n) is 7.66. The molecule has 0 bridgehead atoms. The predicted molar refractivity (Wildman–Crippen MR) is 117 cm³/mol. The van der Waals surface area contributed by atoms with Crippen LogP contribution < -0.4 is 29.6 Å². The van der Waals surface area contributed by atoms with Gasteiger partial charge in [-0.05, 0) is 43.7 Å². The molecule has 3 N–H and O–H groups in total. The second-order valence-corrected chi connectivity index (χ2v) is 7.66. The molecule has 3 rings (SSSR count). The van der Waals surface area contributed by atoms with Crippen LogP contribution in [0.25, 0.3) is 28.1 Å². The number of aromatic nitrogens is 1. The molecule has 0 aliphatic carbocycles. The number of para-hydroxylation sites is 1. The number of rotatable bonds is 8. The van der Waals surface area contributed by atoms with Gasteiger partial charge in [0.15, 0.2) is 0 Å². The van der Waals surface area contributed by atoms with Gasteiger partial charge in [0, 0.05) is 34.6 Å². The number of hydrogen-bond acceptors (Lipinski definition) is 3. The van der Waals surface area contributed by atoms with Gasteiger partial charge in [0.05, 0.1) is 18.6 Å². The molecule has 3 aromatic rings. The molecule has 1 aromatic heterocycles. The fraction of sp³-hybridized carbons (Fsp3) is 0.292. The molecule has 7 heteroatoms. The van der Waals surface area contributed by atoms with Crippen LogP contribution >= 0.6 is 0 Å². The van der Waals surface area contributed by atoms with Crippen LogP contribution in [0.3, 0.4) is 0 Å². The summed E-state index contributed by atoms with van der Waals surface area (Å²) in [6, 6.07) is 14.4. The van der Waals surface area contributed by atoms with Crippen molar-refractivity contribution >= 4 is 22.9 Å². The van der Waals surface area contributed by atoms with E-state index in [-0.39, 0.29) is 49.3 Å². The summed E-state index contributed by atoms with van der Waals surface area (Å²) in [7, 11) is 0. The number of fused-ring (bicyclic) bond motifs is 1. The maximum atomic E-state index is 13.5. The van der Waals surface area contributed by atoms with Crippen molar-refractivity contribution in [2.45, 2.75) is 44.9 Å². The zero-order valence-corrected chi connectivity index (χ0v) is 20.0. The van der Waals surface area contributed by atoms with Crippen molar-refractivity contribution in [2.75, 3.05) is 0 Å². The Morgan fingerprint density at radius 2 is 1.77 bits per heavy atom. The van der Waals surface area contributed by atoms with Gasteiger partial charge in [0.1, 0.15) is 5.82 Å². The number of nitrogens with zero attached hydrogens (tertiary/aromatic N) is 1. The maximum Gasteiger partial charge on any atom is 1.00 e. The first-order valence-electron chi connectivity index (χ1n) is 9.93. The average Bonchev–Trinajstić information content (AvgIpc) is 3.00. The van der Waals surface area contributed by atoms with E-state index in [1.807, 2.05) is 24.3 Å². The largest absolute Gasteiger partial charge is 1.00 e. The fourth-order valence-corrected chi connectivity index (χ4v) is 3.77. The topological polar surface area (TPSA) is 82.7 Å². The van der Waals surface area contributed by atoms with Crippen LogP contribution in [0, 0.1) is 5.82 Å². The number of benzene rings is 2. The van der Waals surface area contributed by atoms with E-state index in [0.29, 0.717) is 0 Å². The first-order valence-corrected chi connectivity index (χ1v) is 9.93. The Morgan fingerprint density at radius 3 is 2.39 bits per heavy atom. The van der Waals surface area contributed by atoms with Gasteiger partial charge >= 0.3 is 35.5 Å². The number of aliphatic hydroxyl groups excluding tert-OH is 2. The van der Waals surface area contributed by atoms with Gasteiger partial charge < -0.3 is 21.3 Å². The molecule has 31 heavy (non-hydrogen) atoms. The molecule has 0 fully saturated rings. The summed E-state index contributed by atoms with van der Waals surface area (Å²) in [5.41, 5.74) is 3.65. The van der Waals surface area contributed by atoms with Crippen LogP contribution in [0.2, 0.25) is 0 Å². The predicted octanol–water partition coefficient (Wildman–Crippen LogP) is 1.74. The van der Waals surface area contributed by atoms with Crippen LogP contribution in [0.5, 0.6) is 0 Å². The molecule has 1 heterocycles. The van der Waals surface area contributed by atoms with E-state index in [4.69, 9.17) is 5.11 Å². The minimum Gasteiger partial charge on any atom is -1.00 e. The molecule has 0 amide bonds. The molecule has 0 radical (unpaired) electrons. The van der Waals surface area contributed by atoms with Crippen molar-refractivity contribution < 1.29 is 55.5 Å². The maximum absolute atomic E-state index is 13.5. The number of hydrogen-bond donors (Lipinski definition) is 3. The van der Waals surface area contributed by atoms with Crippen molar-refractivity contribution in [1.29, 1.82) is 0 Å². The summed E-state index contributed by atoms with van der Waals surface area (Å²) in [6.07, 6.45) is 0.727. The quantitative estimate of drug-likeness (QED) is 0.471. The Kier molecular flexibility index (Phi) is 9.03. The number of carboxylic acid groups (broad SMARTS) is 1. The third-order valence-corrected chi connectivity index (χ3v) is 5.00. The monoisotopic (exact) mass is 435 g/mol. The van der Waals surface area contributed by atoms with Crippen LogP contribution in [0.4, 0.5) is 4.39 Å². The summed E-state index contributed by atoms with van der Waals surface area (Å²) >= 11 is 0. The number of carbonyl (C=O) groups is 1. The third kappa shape index (κ3) is 6.05. The van der Waals surface area contributed by atoms with E-state index in [1.54, 1.807) is 24.3 Å². The van der Waals surface area contributed by atoms with Crippen LogP contribution in [0.15, 0.2) is 54.6 Å². The molecule has 0 saturated carbocycles. The van der Waals surface area contributed by atoms with Gasteiger partial charge in [0.2, 0.25) is 0 Å². The molecule has 0 saturated heterocycles. The van der Waals surface area contributed by atoms with Gasteiger partial charge in [-0.1, -0.05) is 36.4 Å². The van der Waals surface area contributed by atoms with Crippen LogP contribution in [-0.4, -0.2) is 38.1 Å². The zero-order valence-electron chi connectivity index (χ0n) is 19.0. The van der Waals surface area contributed by atoms with E-state index in [0.717, 1.165) is 27.7 Å². The van der Waals surface area contributed by atoms with Crippen molar-refractivity contribution in [3.05, 3.63) is 66.1 Å². The number of carboxylic acids is 1. The molecular formula is C24H27FNNaO4. The van der Waals surface area contributed by atoms with Crippen molar-refractivity contribution in [2.24, 2.45) is 0 Å². The first-order chi connectivity index (χ1) is 14.3. The average molecular weight is 435 g/mol. The van der Waals surface area contributed by atoms with Gasteiger partial charge in [-0.2, -0.15) is 0 Å². The Hall–Kier alpha value is -1.96. The Balaban J connectivity index is 0.00000256. The second kappa shape index (κ2) is 11.1. The minimum atomic E-state index is -1.13. The molecule has 0 unspecified atom stereocenters. The molecule has 5 nitrogen and oxygen atoms in total. The molecule has 0 aliphatic heterocycles. The summed E-state index contributed by atoms with van der Waals surface area (Å²) in [4.78, 5) is 10.7. The summed E-state index contributed by atoms with van der Waals surface area (Å²) in [6.45, 7) is 4.12. The molecule has 2 atom stereocenters. The van der Waals surface area contributed by atoms with E-state index >= 15 is 0 Å². The first kappa shape index (κ1) is 25.3. The van der Waals surface area contributed by atoms with Gasteiger partial charge in [-0.25, -0.2) is 4.39 Å². The van der Waals surface area contributed by atoms with Crippen molar-refractivity contribution in [3.8, 4) is 11.1 Å². The van der Waals surface area contributed by atoms with Crippen molar-refractivity contribution in [3.63, 3.8) is 0 Å². The molecule has 160 valence electrons. The molecule has 2 aromatic carbocycles. The van der Waals surface area contributed by atoms with Crippen LogP contribution in [0.1, 0.15) is 39.9 Å². The fourth-order valence-electron chi connectivity index (χ4n) is 3.77. The van der Waals surface area contributed by atoms with Crippen LogP contribution in [-0.2, 0) is 4.79 Å². The van der Waals surface area contributed by atoms with E-state index < -0.39 is 24.6 Å². The standard InChI is InChI=1S/C24H26FNO4.Na.H/c1-15(2)26-21-6-4-3-5-20(21)24(16-7-9-17(25)10-8-16)22(26)12-11-18(27)13-19(28)14-23(29)30;;/h3-12,15,18-19,27-28H,13-14H2,1-2H3,(H,29,30);;/q;+1;-1/b12-11+;;/t18-,19-;;/m1../s1. The van der Waals surface area contributed by atoms with Gasteiger partial charge in [0.25, 0.3) is 0 Å². The summed E-state index contributed by atoms with van der Waals surface area (Å²) in [5, 5.41) is 29.9. The molecule has 0 aliphatic rings.